The minimum Gasteiger partial charge on any atom is -0.255 e. The van der Waals surface area contributed by atoms with Gasteiger partial charge in [-0.15, -0.1) is 11.3 Å². The Hall–Kier alpha value is -2.71. The first-order valence-corrected chi connectivity index (χ1v) is 12.1. The molecule has 0 saturated heterocycles. The van der Waals surface area contributed by atoms with Crippen LogP contribution in [0.15, 0.2) is 60.8 Å². The molecule has 3 aromatic carbocycles. The molecule has 0 unspecified atom stereocenters. The Morgan fingerprint density at radius 2 is 1.71 bits per heavy atom. The molecule has 0 saturated carbocycles. The quantitative estimate of drug-likeness (QED) is 0.278. The molecule has 5 aromatic rings. The summed E-state index contributed by atoms with van der Waals surface area (Å²) in [6.45, 7) is 9.37. The molecule has 154 valence electrons. The van der Waals surface area contributed by atoms with Crippen molar-refractivity contribution in [1.29, 1.82) is 0 Å². The van der Waals surface area contributed by atoms with Crippen molar-refractivity contribution in [2.24, 2.45) is 0 Å². The van der Waals surface area contributed by atoms with Crippen molar-refractivity contribution in [2.45, 2.75) is 51.9 Å². The molecule has 0 spiro atoms. The maximum absolute atomic E-state index is 4.92. The summed E-state index contributed by atoms with van der Waals surface area (Å²) in [5, 5.41) is 5.38. The fourth-order valence-corrected chi connectivity index (χ4v) is 7.05. The van der Waals surface area contributed by atoms with Crippen LogP contribution in [0.25, 0.3) is 42.2 Å². The first kappa shape index (κ1) is 19.0. The van der Waals surface area contributed by atoms with E-state index in [4.69, 9.17) is 4.98 Å². The van der Waals surface area contributed by atoms with Gasteiger partial charge in [-0.05, 0) is 69.8 Å². The summed E-state index contributed by atoms with van der Waals surface area (Å²) in [6, 6.07) is 20.4. The van der Waals surface area contributed by atoms with Crippen LogP contribution in [0.3, 0.4) is 0 Å². The van der Waals surface area contributed by atoms with Gasteiger partial charge in [0.05, 0.1) is 10.4 Å². The Morgan fingerprint density at radius 3 is 2.55 bits per heavy atom. The number of fused-ring (bicyclic) bond motifs is 6. The third kappa shape index (κ3) is 2.78. The molecule has 0 aliphatic heterocycles. The number of aryl methyl sites for hydroxylation is 1. The number of benzene rings is 3. The Kier molecular flexibility index (Phi) is 4.07. The molecule has 0 radical (unpaired) electrons. The van der Waals surface area contributed by atoms with E-state index in [9.17, 15) is 0 Å². The van der Waals surface area contributed by atoms with Crippen LogP contribution < -0.4 is 0 Å². The number of aromatic nitrogens is 1. The molecule has 2 heteroatoms. The second-order valence-electron chi connectivity index (χ2n) is 9.94. The molecule has 6 rings (SSSR count). The van der Waals surface area contributed by atoms with E-state index in [1.165, 1.54) is 60.5 Å². The summed E-state index contributed by atoms with van der Waals surface area (Å²) in [5.41, 5.74) is 7.10. The van der Waals surface area contributed by atoms with E-state index in [0.717, 1.165) is 5.69 Å². The first-order valence-electron chi connectivity index (χ1n) is 11.3. The third-order valence-corrected chi connectivity index (χ3v) is 8.37. The van der Waals surface area contributed by atoms with Crippen molar-refractivity contribution in [3.05, 3.63) is 77.5 Å². The normalized spacial score (nSPS) is 15.4. The molecule has 0 bridgehead atoms. The van der Waals surface area contributed by atoms with Gasteiger partial charge in [0.1, 0.15) is 0 Å². The van der Waals surface area contributed by atoms with E-state index in [1.807, 2.05) is 17.5 Å². The largest absolute Gasteiger partial charge is 0.255 e. The molecule has 1 aliphatic carbocycles. The van der Waals surface area contributed by atoms with Gasteiger partial charge in [-0.25, -0.2) is 0 Å². The number of rotatable bonds is 2. The van der Waals surface area contributed by atoms with Crippen molar-refractivity contribution < 1.29 is 0 Å². The van der Waals surface area contributed by atoms with Gasteiger partial charge in [-0.1, -0.05) is 64.1 Å². The fourth-order valence-electron chi connectivity index (χ4n) is 5.49. The van der Waals surface area contributed by atoms with E-state index >= 15 is 0 Å². The highest BCUT2D eigenvalue weighted by molar-refractivity contribution is 7.26. The molecular formula is C29H27NS. The predicted molar refractivity (Wildman–Crippen MR) is 136 cm³/mol. The second kappa shape index (κ2) is 6.64. The zero-order chi connectivity index (χ0) is 21.3. The molecule has 0 N–H and O–H groups in total. The van der Waals surface area contributed by atoms with E-state index < -0.39 is 0 Å². The first-order chi connectivity index (χ1) is 14.9. The molecule has 1 nitrogen and oxygen atoms in total. The van der Waals surface area contributed by atoms with Crippen LogP contribution >= 0.6 is 11.3 Å². The minimum absolute atomic E-state index is 0.247. The summed E-state index contributed by atoms with van der Waals surface area (Å²) in [5.74, 6) is 0.468. The lowest BCUT2D eigenvalue weighted by molar-refractivity contribution is 0.526. The van der Waals surface area contributed by atoms with Gasteiger partial charge in [-0.2, -0.15) is 0 Å². The maximum Gasteiger partial charge on any atom is 0.0880 e. The van der Waals surface area contributed by atoms with Crippen molar-refractivity contribution in [3.8, 4) is 11.3 Å². The minimum atomic E-state index is 0.247. The molecule has 0 fully saturated rings. The maximum atomic E-state index is 4.92. The summed E-state index contributed by atoms with van der Waals surface area (Å²) in [7, 11) is 0. The van der Waals surface area contributed by atoms with Crippen LogP contribution in [-0.4, -0.2) is 4.98 Å². The van der Waals surface area contributed by atoms with E-state index in [-0.39, 0.29) is 5.41 Å². The number of thiophene rings is 1. The molecule has 0 atom stereocenters. The van der Waals surface area contributed by atoms with Crippen LogP contribution in [-0.2, 0) is 11.8 Å². The SMILES string of the molecule is CC(C)c1cc(-c2nccc3c2sc2c4c(ccc23)CCC4(C)C)cc2ccccc12. The number of hydrogen-bond donors (Lipinski definition) is 0. The highest BCUT2D eigenvalue weighted by atomic mass is 32.1. The predicted octanol–water partition coefficient (Wildman–Crippen LogP) is 8.62. The van der Waals surface area contributed by atoms with E-state index in [2.05, 4.69) is 82.3 Å². The van der Waals surface area contributed by atoms with Gasteiger partial charge in [0.2, 0.25) is 0 Å². The lowest BCUT2D eigenvalue weighted by atomic mass is 9.86. The molecule has 2 heterocycles. The van der Waals surface area contributed by atoms with Crippen molar-refractivity contribution in [3.63, 3.8) is 0 Å². The van der Waals surface area contributed by atoms with Crippen LogP contribution in [0.4, 0.5) is 0 Å². The molecule has 31 heavy (non-hydrogen) atoms. The Balaban J connectivity index is 1.67. The number of pyridine rings is 1. The molecule has 2 aromatic heterocycles. The highest BCUT2D eigenvalue weighted by Gasteiger charge is 2.32. The Labute approximate surface area is 187 Å². The molecular weight excluding hydrogens is 394 g/mol. The van der Waals surface area contributed by atoms with Crippen molar-refractivity contribution in [1.82, 2.24) is 4.98 Å². The number of hydrogen-bond acceptors (Lipinski definition) is 2. The molecule has 0 amide bonds. The lowest BCUT2D eigenvalue weighted by Crippen LogP contribution is -2.11. The summed E-state index contributed by atoms with van der Waals surface area (Å²) in [6.07, 6.45) is 4.43. The van der Waals surface area contributed by atoms with Gasteiger partial charge in [0.15, 0.2) is 0 Å². The Morgan fingerprint density at radius 1 is 0.903 bits per heavy atom. The van der Waals surface area contributed by atoms with Gasteiger partial charge in [-0.3, -0.25) is 4.98 Å². The molecule has 1 aliphatic rings. The Bertz CT molecular complexity index is 1490. The topological polar surface area (TPSA) is 12.9 Å². The van der Waals surface area contributed by atoms with Crippen molar-refractivity contribution >= 4 is 42.3 Å². The standard InChI is InChI=1S/C29H27NS/c1-17(2)24-16-20(15-19-7-5-6-8-21(19)24)26-28-23(12-14-30-26)22-10-9-18-11-13-29(3,4)25(18)27(22)31-28/h5-10,12,14-17H,11,13H2,1-4H3. The summed E-state index contributed by atoms with van der Waals surface area (Å²) < 4.78 is 2.78. The highest BCUT2D eigenvalue weighted by Crippen LogP contribution is 2.48. The number of nitrogens with zero attached hydrogens (tertiary/aromatic N) is 1. The third-order valence-electron chi connectivity index (χ3n) is 7.13. The van der Waals surface area contributed by atoms with Gasteiger partial charge in [0.25, 0.3) is 0 Å². The van der Waals surface area contributed by atoms with Crippen molar-refractivity contribution in [2.75, 3.05) is 0 Å². The zero-order valence-corrected chi connectivity index (χ0v) is 19.4. The van der Waals surface area contributed by atoms with E-state index in [0.29, 0.717) is 5.92 Å². The van der Waals surface area contributed by atoms with Gasteiger partial charge < -0.3 is 0 Å². The van der Waals surface area contributed by atoms with Crippen LogP contribution in [0.2, 0.25) is 0 Å². The average molecular weight is 422 g/mol. The smallest absolute Gasteiger partial charge is 0.0880 e. The van der Waals surface area contributed by atoms with Gasteiger partial charge in [0, 0.05) is 27.2 Å². The van der Waals surface area contributed by atoms with Crippen LogP contribution in [0, 0.1) is 0 Å². The average Bonchev–Trinajstić information content (AvgIpc) is 3.29. The van der Waals surface area contributed by atoms with Gasteiger partial charge >= 0.3 is 0 Å². The lowest BCUT2D eigenvalue weighted by Gasteiger charge is -2.19. The summed E-state index contributed by atoms with van der Waals surface area (Å²) >= 11 is 1.95. The zero-order valence-electron chi connectivity index (χ0n) is 18.6. The van der Waals surface area contributed by atoms with E-state index in [1.54, 1.807) is 5.56 Å². The monoisotopic (exact) mass is 421 g/mol. The van der Waals surface area contributed by atoms with Crippen LogP contribution in [0.5, 0.6) is 0 Å². The van der Waals surface area contributed by atoms with Crippen LogP contribution in [0.1, 0.15) is 56.7 Å². The summed E-state index contributed by atoms with van der Waals surface area (Å²) in [4.78, 5) is 4.92. The fraction of sp³-hybridized carbons (Fsp3) is 0.276. The second-order valence-corrected chi connectivity index (χ2v) is 11.0.